The van der Waals surface area contributed by atoms with Crippen molar-refractivity contribution in [1.82, 2.24) is 19.5 Å². The lowest BCUT2D eigenvalue weighted by atomic mass is 10.0. The molecule has 0 aromatic carbocycles. The van der Waals surface area contributed by atoms with Gasteiger partial charge in [0.05, 0.1) is 5.69 Å². The maximum Gasteiger partial charge on any atom is 0.269 e. The minimum absolute atomic E-state index is 0.249. The fourth-order valence-corrected chi connectivity index (χ4v) is 2.45. The third-order valence-corrected chi connectivity index (χ3v) is 3.56. The maximum absolute atomic E-state index is 14.4. The number of nitrogens with zero attached hydrogens (tertiary/aromatic N) is 5. The molecule has 3 heterocycles. The second-order valence-electron chi connectivity index (χ2n) is 4.88. The average molecular weight is 294 g/mol. The Morgan fingerprint density at radius 1 is 1.62 bits per heavy atom. The Hall–Kier alpha value is -2.42. The Morgan fingerprint density at radius 2 is 2.38 bits per heavy atom. The normalized spacial score (nSPS) is 32.2. The quantitative estimate of drug-likeness (QED) is 0.542. The van der Waals surface area contributed by atoms with Crippen molar-refractivity contribution in [3.05, 3.63) is 24.2 Å². The van der Waals surface area contributed by atoms with Crippen LogP contribution >= 0.6 is 0 Å². The lowest BCUT2D eigenvalue weighted by molar-refractivity contribution is -0.0713. The van der Waals surface area contributed by atoms with Gasteiger partial charge in [-0.2, -0.15) is 5.10 Å². The van der Waals surface area contributed by atoms with Crippen LogP contribution in [0.4, 0.5) is 10.2 Å². The summed E-state index contributed by atoms with van der Waals surface area (Å²) in [5, 5.41) is 17.4. The van der Waals surface area contributed by atoms with Crippen LogP contribution in [0.1, 0.15) is 18.7 Å². The zero-order chi connectivity index (χ0) is 15.2. The molecule has 1 fully saturated rings. The molecular weight excluding hydrogens is 281 g/mol. The van der Waals surface area contributed by atoms with Crippen LogP contribution in [0, 0.1) is 5.53 Å². The number of nitrogen functional groups attached to an aromatic ring is 1. The number of anilines is 1. The molecule has 1 aliphatic rings. The third-order valence-electron chi connectivity index (χ3n) is 3.56. The molecule has 0 saturated carbocycles. The Labute approximate surface area is 117 Å². The summed E-state index contributed by atoms with van der Waals surface area (Å²) in [6.07, 6.45) is -3.14. The summed E-state index contributed by atoms with van der Waals surface area (Å²) in [5.41, 5.74) is 11.7. The fraction of sp³-hybridized carbons (Fsp3) is 0.455. The van der Waals surface area contributed by atoms with Crippen LogP contribution < -0.4 is 10.6 Å². The van der Waals surface area contributed by atoms with Crippen LogP contribution in [0.3, 0.4) is 0 Å². The summed E-state index contributed by atoms with van der Waals surface area (Å²) in [4.78, 5) is 6.68. The smallest absolute Gasteiger partial charge is 0.269 e. The van der Waals surface area contributed by atoms with Crippen LogP contribution in [-0.2, 0) is 4.74 Å². The lowest BCUT2D eigenvalue weighted by Crippen LogP contribution is -2.37. The highest BCUT2D eigenvalue weighted by Crippen LogP contribution is 2.42. The highest BCUT2D eigenvalue weighted by molar-refractivity contribution is 5.65. The molecule has 3 rings (SSSR count). The summed E-state index contributed by atoms with van der Waals surface area (Å²) in [6, 6.07) is 3.22. The molecule has 4 atom stereocenters. The summed E-state index contributed by atoms with van der Waals surface area (Å²) in [7, 11) is 0. The second-order valence-corrected chi connectivity index (χ2v) is 4.88. The molecule has 21 heavy (non-hydrogen) atoms. The van der Waals surface area contributed by atoms with Gasteiger partial charge in [-0.3, -0.25) is 0 Å². The first-order valence-electron chi connectivity index (χ1n) is 6.14. The molecule has 0 amide bonds. The van der Waals surface area contributed by atoms with Gasteiger partial charge < -0.3 is 15.6 Å². The Balaban J connectivity index is 2.08. The topological polar surface area (TPSA) is 136 Å². The monoisotopic (exact) mass is 294 g/mol. The lowest BCUT2D eigenvalue weighted by Gasteiger charge is -2.14. The number of nitrogens with one attached hydrogen (secondary N) is 1. The van der Waals surface area contributed by atoms with Crippen molar-refractivity contribution in [2.75, 3.05) is 5.73 Å². The minimum atomic E-state index is -1.74. The Bertz CT molecular complexity index is 743. The number of aliphatic hydroxyl groups is 1. The van der Waals surface area contributed by atoms with Crippen LogP contribution in [0.5, 0.6) is 0 Å². The zero-order valence-electron chi connectivity index (χ0n) is 11.0. The molecule has 0 aliphatic carbocycles. The molecule has 110 valence electrons. The molecule has 0 spiro atoms. The Kier molecular flexibility index (Phi) is 2.94. The third kappa shape index (κ3) is 1.88. The maximum atomic E-state index is 14.4. The van der Waals surface area contributed by atoms with Gasteiger partial charge in [0, 0.05) is 0 Å². The van der Waals surface area contributed by atoms with Crippen molar-refractivity contribution in [3.8, 4) is 0 Å². The molecular formula is C11H13FN7O2+. The van der Waals surface area contributed by atoms with Gasteiger partial charge in [-0.1, -0.05) is 0 Å². The first kappa shape index (κ1) is 13.6. The van der Waals surface area contributed by atoms with Gasteiger partial charge in [-0.15, -0.1) is 0 Å². The van der Waals surface area contributed by atoms with E-state index in [1.807, 2.05) is 0 Å². The number of nitrogens with two attached hydrogens (primary N) is 1. The second kappa shape index (κ2) is 4.55. The summed E-state index contributed by atoms with van der Waals surface area (Å²) >= 11 is 0. The number of aromatic nitrogens is 3. The van der Waals surface area contributed by atoms with E-state index >= 15 is 0 Å². The molecule has 1 saturated heterocycles. The van der Waals surface area contributed by atoms with Crippen molar-refractivity contribution in [2.45, 2.75) is 31.0 Å². The number of hydrogen-bond donors (Lipinski definition) is 3. The highest BCUT2D eigenvalue weighted by Gasteiger charge is 2.57. The van der Waals surface area contributed by atoms with Gasteiger partial charge in [0.1, 0.15) is 29.6 Å². The number of rotatable bonds is 2. The van der Waals surface area contributed by atoms with E-state index < -0.39 is 24.1 Å². The fourth-order valence-electron chi connectivity index (χ4n) is 2.45. The number of alkyl halides is 1. The van der Waals surface area contributed by atoms with E-state index in [9.17, 15) is 9.50 Å². The molecule has 4 N–H and O–H groups in total. The predicted octanol–water partition coefficient (Wildman–Crippen LogP) is 0.348. The first-order chi connectivity index (χ1) is 9.98. The molecule has 9 nitrogen and oxygen atoms in total. The van der Waals surface area contributed by atoms with E-state index in [0.29, 0.717) is 11.2 Å². The van der Waals surface area contributed by atoms with Gasteiger partial charge in [-0.25, -0.2) is 13.9 Å². The van der Waals surface area contributed by atoms with E-state index in [1.54, 1.807) is 12.1 Å². The average Bonchev–Trinajstić information content (AvgIpc) is 2.96. The van der Waals surface area contributed by atoms with Gasteiger partial charge in [0.15, 0.2) is 17.1 Å². The molecule has 0 bridgehead atoms. The number of fused-ring (bicyclic) bond motifs is 1. The first-order valence-corrected chi connectivity index (χ1v) is 6.14. The van der Waals surface area contributed by atoms with Gasteiger partial charge >= 0.3 is 0 Å². The molecule has 1 aliphatic heterocycles. The van der Waals surface area contributed by atoms with Gasteiger partial charge in [-0.05, 0) is 19.1 Å². The number of halogens is 1. The van der Waals surface area contributed by atoms with Crippen LogP contribution in [0.25, 0.3) is 5.52 Å². The van der Waals surface area contributed by atoms with E-state index in [1.165, 1.54) is 17.8 Å². The minimum Gasteiger partial charge on any atom is -0.385 e. The van der Waals surface area contributed by atoms with Crippen LogP contribution in [0.15, 0.2) is 23.6 Å². The largest absolute Gasteiger partial charge is 0.385 e. The predicted molar refractivity (Wildman–Crippen MR) is 67.8 cm³/mol. The van der Waals surface area contributed by atoms with Gasteiger partial charge in [0.2, 0.25) is 4.91 Å². The van der Waals surface area contributed by atoms with Crippen molar-refractivity contribution in [2.24, 2.45) is 5.11 Å². The van der Waals surface area contributed by atoms with E-state index in [4.69, 9.17) is 16.0 Å². The molecule has 2 aromatic heterocycles. The zero-order valence-corrected chi connectivity index (χ0v) is 11.0. The number of ether oxygens (including phenoxy) is 1. The van der Waals surface area contributed by atoms with Crippen molar-refractivity contribution in [3.63, 3.8) is 0 Å². The number of aliphatic hydroxyl groups excluding tert-OH is 1. The summed E-state index contributed by atoms with van der Waals surface area (Å²) in [5.74, 6) is 0.249. The van der Waals surface area contributed by atoms with E-state index in [0.717, 1.165) is 0 Å². The molecule has 0 unspecified atom stereocenters. The van der Waals surface area contributed by atoms with E-state index in [2.05, 4.69) is 20.1 Å². The molecule has 0 radical (unpaired) electrons. The SMILES string of the molecule is C[C@@]1(N=[N+]=N)O[C@@H](c2ccc3c(N)ncnn23)[C@H](F)[C@@H]1O. The molecule has 10 heteroatoms. The van der Waals surface area contributed by atoms with Crippen LogP contribution in [0.2, 0.25) is 0 Å². The molecule has 2 aromatic rings. The summed E-state index contributed by atoms with van der Waals surface area (Å²) < 4.78 is 21.2. The van der Waals surface area contributed by atoms with Crippen molar-refractivity contribution >= 4 is 11.3 Å². The standard InChI is InChI=1S/C11H13FN7O2/c1-11(17-18-14)9(20)7(12)8(21-11)5-2-3-6-10(13)15-4-16-19(5)6/h2-4,7-9,14,20H,1H3,(H2,13,15,16)/q+1/t7-,8-,9-,11+/m0/s1. The highest BCUT2D eigenvalue weighted by atomic mass is 19.1. The summed E-state index contributed by atoms with van der Waals surface area (Å²) in [6.45, 7) is 1.36. The van der Waals surface area contributed by atoms with Crippen molar-refractivity contribution < 1.29 is 14.2 Å². The van der Waals surface area contributed by atoms with Crippen molar-refractivity contribution in [1.29, 1.82) is 5.53 Å². The van der Waals surface area contributed by atoms with Gasteiger partial charge in [0.25, 0.3) is 5.72 Å². The Morgan fingerprint density at radius 3 is 3.10 bits per heavy atom. The van der Waals surface area contributed by atoms with Crippen LogP contribution in [-0.4, -0.2) is 37.7 Å². The van der Waals surface area contributed by atoms with E-state index in [-0.39, 0.29) is 5.82 Å². The number of hydrogen-bond acceptors (Lipinski definition) is 7.